The van der Waals surface area contributed by atoms with Crippen LogP contribution in [0.15, 0.2) is 12.7 Å². The first-order chi connectivity index (χ1) is 5.81. The summed E-state index contributed by atoms with van der Waals surface area (Å²) in [7, 11) is 1.65. The fourth-order valence-electron chi connectivity index (χ4n) is 0.823. The van der Waals surface area contributed by atoms with Crippen LogP contribution in [0.2, 0.25) is 0 Å². The highest BCUT2D eigenvalue weighted by Gasteiger charge is 1.94. The predicted octanol–water partition coefficient (Wildman–Crippen LogP) is 0.678. The molecule has 3 heteroatoms. The lowest BCUT2D eigenvalue weighted by Gasteiger charge is -2.02. The maximum atomic E-state index is 10.7. The molecule has 0 unspecified atom stereocenters. The Morgan fingerprint density at radius 2 is 2.25 bits per heavy atom. The third-order valence-electron chi connectivity index (χ3n) is 1.57. The van der Waals surface area contributed by atoms with Gasteiger partial charge in [-0.15, -0.1) is 6.58 Å². The third-order valence-corrected chi connectivity index (χ3v) is 1.57. The first-order valence-corrected chi connectivity index (χ1v) is 4.33. The van der Waals surface area contributed by atoms with Crippen LogP contribution >= 0.6 is 0 Å². The summed E-state index contributed by atoms with van der Waals surface area (Å²) in [6.07, 6.45) is 4.59. The van der Waals surface area contributed by atoms with Gasteiger partial charge in [-0.1, -0.05) is 6.08 Å². The van der Waals surface area contributed by atoms with Crippen LogP contribution in [0.3, 0.4) is 0 Å². The topological polar surface area (TPSA) is 41.1 Å². The molecule has 1 amide bonds. The van der Waals surface area contributed by atoms with E-state index in [1.807, 2.05) is 6.08 Å². The molecule has 3 nitrogen and oxygen atoms in total. The van der Waals surface area contributed by atoms with E-state index in [9.17, 15) is 4.79 Å². The molecule has 0 spiro atoms. The van der Waals surface area contributed by atoms with Crippen molar-refractivity contribution >= 4 is 5.91 Å². The lowest BCUT2D eigenvalue weighted by Crippen LogP contribution is -2.25. The first-order valence-electron chi connectivity index (χ1n) is 4.33. The molecular weight excluding hydrogens is 152 g/mol. The Morgan fingerprint density at radius 3 is 2.83 bits per heavy atom. The molecule has 0 bridgehead atoms. The van der Waals surface area contributed by atoms with Gasteiger partial charge in [0, 0.05) is 20.0 Å². The van der Waals surface area contributed by atoms with Crippen LogP contribution in [0, 0.1) is 0 Å². The first kappa shape index (κ1) is 11.2. The molecule has 0 aliphatic heterocycles. The van der Waals surface area contributed by atoms with E-state index in [1.54, 1.807) is 7.05 Å². The summed E-state index contributed by atoms with van der Waals surface area (Å²) < 4.78 is 0. The Balaban J connectivity index is 3.00. The second kappa shape index (κ2) is 8.27. The number of hydrogen-bond donors (Lipinski definition) is 2. The van der Waals surface area contributed by atoms with E-state index in [1.165, 1.54) is 0 Å². The quantitative estimate of drug-likeness (QED) is 0.436. The van der Waals surface area contributed by atoms with Crippen molar-refractivity contribution in [1.29, 1.82) is 0 Å². The monoisotopic (exact) mass is 170 g/mol. The van der Waals surface area contributed by atoms with Crippen LogP contribution in [0.1, 0.15) is 19.3 Å². The fourth-order valence-corrected chi connectivity index (χ4v) is 0.823. The van der Waals surface area contributed by atoms with E-state index in [4.69, 9.17) is 0 Å². The van der Waals surface area contributed by atoms with Gasteiger partial charge >= 0.3 is 0 Å². The Hall–Kier alpha value is -0.830. The molecule has 0 aromatic carbocycles. The zero-order valence-corrected chi connectivity index (χ0v) is 7.73. The smallest absolute Gasteiger partial charge is 0.221 e. The van der Waals surface area contributed by atoms with E-state index in [-0.39, 0.29) is 5.91 Å². The Labute approximate surface area is 74.2 Å². The fraction of sp³-hybridized carbons (Fsp3) is 0.667. The Kier molecular flexibility index (Phi) is 7.70. The molecule has 0 radical (unpaired) electrons. The largest absolute Gasteiger partial charge is 0.359 e. The number of hydrogen-bond acceptors (Lipinski definition) is 2. The average Bonchev–Trinajstić information content (AvgIpc) is 2.10. The summed E-state index contributed by atoms with van der Waals surface area (Å²) in [4.78, 5) is 10.7. The Bertz CT molecular complexity index is 134. The number of nitrogens with one attached hydrogen (secondary N) is 2. The number of carbonyl (C=O) groups excluding carboxylic acids is 1. The zero-order chi connectivity index (χ0) is 9.23. The van der Waals surface area contributed by atoms with Crippen molar-refractivity contribution in [3.63, 3.8) is 0 Å². The van der Waals surface area contributed by atoms with Crippen molar-refractivity contribution in [2.45, 2.75) is 19.3 Å². The molecule has 0 aromatic heterocycles. The summed E-state index contributed by atoms with van der Waals surface area (Å²) in [5, 5.41) is 5.75. The Morgan fingerprint density at radius 1 is 1.50 bits per heavy atom. The van der Waals surface area contributed by atoms with Gasteiger partial charge < -0.3 is 10.6 Å². The zero-order valence-electron chi connectivity index (χ0n) is 7.73. The highest BCUT2D eigenvalue weighted by atomic mass is 16.1. The van der Waals surface area contributed by atoms with Crippen molar-refractivity contribution in [3.8, 4) is 0 Å². The molecule has 0 saturated heterocycles. The van der Waals surface area contributed by atoms with Gasteiger partial charge in [-0.3, -0.25) is 4.79 Å². The minimum atomic E-state index is 0.0891. The lowest BCUT2D eigenvalue weighted by molar-refractivity contribution is -0.120. The maximum absolute atomic E-state index is 10.7. The van der Waals surface area contributed by atoms with Crippen molar-refractivity contribution in [2.24, 2.45) is 0 Å². The van der Waals surface area contributed by atoms with Crippen molar-refractivity contribution in [3.05, 3.63) is 12.7 Å². The van der Waals surface area contributed by atoms with Gasteiger partial charge in [0.15, 0.2) is 0 Å². The minimum absolute atomic E-state index is 0.0891. The molecule has 0 aliphatic rings. The highest BCUT2D eigenvalue weighted by Crippen LogP contribution is 1.86. The van der Waals surface area contributed by atoms with Crippen molar-refractivity contribution < 1.29 is 4.79 Å². The highest BCUT2D eigenvalue weighted by molar-refractivity contribution is 5.75. The van der Waals surface area contributed by atoms with Crippen LogP contribution in [0.4, 0.5) is 0 Å². The van der Waals surface area contributed by atoms with Crippen LogP contribution < -0.4 is 10.6 Å². The maximum Gasteiger partial charge on any atom is 0.221 e. The van der Waals surface area contributed by atoms with Gasteiger partial charge in [0.2, 0.25) is 5.91 Å². The summed E-state index contributed by atoms with van der Waals surface area (Å²) in [5.41, 5.74) is 0. The van der Waals surface area contributed by atoms with Crippen LogP contribution in [0.25, 0.3) is 0 Å². The molecule has 2 N–H and O–H groups in total. The number of unbranched alkanes of at least 4 members (excludes halogenated alkanes) is 1. The van der Waals surface area contributed by atoms with Crippen LogP contribution in [0.5, 0.6) is 0 Å². The molecule has 0 rings (SSSR count). The third kappa shape index (κ3) is 7.28. The van der Waals surface area contributed by atoms with Crippen molar-refractivity contribution in [1.82, 2.24) is 10.6 Å². The summed E-state index contributed by atoms with van der Waals surface area (Å²) in [6.45, 7) is 5.35. The molecule has 70 valence electrons. The average molecular weight is 170 g/mol. The summed E-state index contributed by atoms with van der Waals surface area (Å²) in [6, 6.07) is 0. The van der Waals surface area contributed by atoms with Crippen molar-refractivity contribution in [2.75, 3.05) is 20.1 Å². The molecule has 12 heavy (non-hydrogen) atoms. The van der Waals surface area contributed by atoms with E-state index >= 15 is 0 Å². The second-order valence-corrected chi connectivity index (χ2v) is 2.60. The van der Waals surface area contributed by atoms with Gasteiger partial charge in [0.05, 0.1) is 0 Å². The van der Waals surface area contributed by atoms with E-state index in [0.717, 1.165) is 25.9 Å². The normalized spacial score (nSPS) is 9.42. The summed E-state index contributed by atoms with van der Waals surface area (Å²) >= 11 is 0. The van der Waals surface area contributed by atoms with E-state index in [2.05, 4.69) is 17.2 Å². The van der Waals surface area contributed by atoms with Crippen LogP contribution in [-0.2, 0) is 4.79 Å². The summed E-state index contributed by atoms with van der Waals surface area (Å²) in [5.74, 6) is 0.0891. The van der Waals surface area contributed by atoms with Gasteiger partial charge in [-0.05, 0) is 19.4 Å². The van der Waals surface area contributed by atoms with E-state index in [0.29, 0.717) is 6.42 Å². The molecule has 0 atom stereocenters. The van der Waals surface area contributed by atoms with Gasteiger partial charge in [-0.2, -0.15) is 0 Å². The standard InChI is InChI=1S/C9H18N2O/c1-3-4-5-7-11-8-6-9(12)10-2/h3,11H,1,4-8H2,2H3,(H,10,12). The lowest BCUT2D eigenvalue weighted by atomic mass is 10.3. The molecule has 0 fully saturated rings. The number of allylic oxidation sites excluding steroid dienone is 1. The number of carbonyl (C=O) groups is 1. The van der Waals surface area contributed by atoms with Gasteiger partial charge in [0.1, 0.15) is 0 Å². The predicted molar refractivity (Wildman–Crippen MR) is 51.0 cm³/mol. The number of rotatable bonds is 7. The second-order valence-electron chi connectivity index (χ2n) is 2.60. The SMILES string of the molecule is C=CCCCNCCC(=O)NC. The van der Waals surface area contributed by atoms with E-state index < -0.39 is 0 Å². The number of amides is 1. The van der Waals surface area contributed by atoms with Gasteiger partial charge in [0.25, 0.3) is 0 Å². The van der Waals surface area contributed by atoms with Crippen LogP contribution in [-0.4, -0.2) is 26.0 Å². The molecule has 0 saturated carbocycles. The molecule has 0 aliphatic carbocycles. The molecular formula is C9H18N2O. The molecule has 0 heterocycles. The minimum Gasteiger partial charge on any atom is -0.359 e. The van der Waals surface area contributed by atoms with Gasteiger partial charge in [-0.25, -0.2) is 0 Å². The molecule has 0 aromatic rings.